The molecule has 0 saturated carbocycles. The minimum absolute atomic E-state index is 0.0292. The third-order valence-corrected chi connectivity index (χ3v) is 5.24. The van der Waals surface area contributed by atoms with Gasteiger partial charge in [-0.2, -0.15) is 0 Å². The first kappa shape index (κ1) is 20.2. The Labute approximate surface area is 179 Å². The summed E-state index contributed by atoms with van der Waals surface area (Å²) < 4.78 is 3.98. The molecule has 1 amide bonds. The number of hydrogen-bond donors (Lipinski definition) is 2. The molecule has 0 bridgehead atoms. The van der Waals surface area contributed by atoms with Crippen LogP contribution in [0.15, 0.2) is 73.3 Å². The zero-order valence-electron chi connectivity index (χ0n) is 17.0. The first-order valence-electron chi connectivity index (χ1n) is 9.86. The predicted molar refractivity (Wildman–Crippen MR) is 118 cm³/mol. The number of aliphatic carboxylic acids is 1. The lowest BCUT2D eigenvalue weighted by molar-refractivity contribution is -0.136. The van der Waals surface area contributed by atoms with E-state index in [1.165, 1.54) is 0 Å². The predicted octanol–water partition coefficient (Wildman–Crippen LogP) is 3.75. The molecule has 2 aromatic heterocycles. The van der Waals surface area contributed by atoms with Gasteiger partial charge >= 0.3 is 5.97 Å². The van der Waals surface area contributed by atoms with Crippen LogP contribution in [0.1, 0.15) is 28.0 Å². The molecule has 156 valence electrons. The maximum Gasteiger partial charge on any atom is 0.303 e. The van der Waals surface area contributed by atoms with Gasteiger partial charge in [0.05, 0.1) is 18.4 Å². The number of benzene rings is 2. The molecule has 31 heavy (non-hydrogen) atoms. The summed E-state index contributed by atoms with van der Waals surface area (Å²) >= 11 is 0. The van der Waals surface area contributed by atoms with E-state index >= 15 is 0 Å². The third kappa shape index (κ3) is 4.11. The number of nitrogens with two attached hydrogens (primary N) is 1. The zero-order chi connectivity index (χ0) is 22.0. The summed E-state index contributed by atoms with van der Waals surface area (Å²) in [4.78, 5) is 26.8. The summed E-state index contributed by atoms with van der Waals surface area (Å²) in [6.07, 6.45) is 5.77. The molecular formula is C24H22N4O3. The second kappa shape index (κ2) is 8.31. The highest BCUT2D eigenvalue weighted by Crippen LogP contribution is 2.30. The van der Waals surface area contributed by atoms with E-state index in [1.807, 2.05) is 60.2 Å². The van der Waals surface area contributed by atoms with E-state index < -0.39 is 11.9 Å². The number of carboxylic acid groups (broad SMARTS) is 1. The SMILES string of the molecule is Cc1cc(C(N)=O)ccc1-n1c(CCC(=O)O)ccc1-c1ccc(-n2ccnc2)cc1. The number of amides is 1. The Morgan fingerprint density at radius 2 is 1.84 bits per heavy atom. The van der Waals surface area contributed by atoms with Crippen LogP contribution in [0.4, 0.5) is 0 Å². The molecular weight excluding hydrogens is 392 g/mol. The lowest BCUT2D eigenvalue weighted by Gasteiger charge is -2.17. The molecule has 4 aromatic rings. The van der Waals surface area contributed by atoms with E-state index in [1.54, 1.807) is 24.7 Å². The van der Waals surface area contributed by atoms with E-state index in [9.17, 15) is 9.59 Å². The second-order valence-electron chi connectivity index (χ2n) is 7.32. The lowest BCUT2D eigenvalue weighted by Crippen LogP contribution is -2.12. The maximum absolute atomic E-state index is 11.6. The molecule has 3 N–H and O–H groups in total. The summed E-state index contributed by atoms with van der Waals surface area (Å²) in [5, 5.41) is 9.17. The first-order valence-corrected chi connectivity index (χ1v) is 9.86. The van der Waals surface area contributed by atoms with Crippen molar-refractivity contribution in [3.63, 3.8) is 0 Å². The van der Waals surface area contributed by atoms with E-state index in [4.69, 9.17) is 10.8 Å². The van der Waals surface area contributed by atoms with Crippen LogP contribution in [0.5, 0.6) is 0 Å². The smallest absolute Gasteiger partial charge is 0.303 e. The zero-order valence-corrected chi connectivity index (χ0v) is 17.0. The van der Waals surface area contributed by atoms with Gasteiger partial charge in [-0.15, -0.1) is 0 Å². The van der Waals surface area contributed by atoms with Crippen molar-refractivity contribution in [3.8, 4) is 22.6 Å². The van der Waals surface area contributed by atoms with E-state index in [2.05, 4.69) is 9.55 Å². The minimum atomic E-state index is -0.847. The van der Waals surface area contributed by atoms with Crippen LogP contribution in [-0.2, 0) is 11.2 Å². The van der Waals surface area contributed by atoms with Crippen LogP contribution in [-0.4, -0.2) is 31.1 Å². The van der Waals surface area contributed by atoms with Crippen LogP contribution < -0.4 is 5.73 Å². The van der Waals surface area contributed by atoms with Crippen molar-refractivity contribution in [2.45, 2.75) is 19.8 Å². The summed E-state index contributed by atoms with van der Waals surface area (Å²) in [6.45, 7) is 1.91. The highest BCUT2D eigenvalue weighted by Gasteiger charge is 2.16. The Balaban J connectivity index is 1.80. The van der Waals surface area contributed by atoms with E-state index in [0.29, 0.717) is 12.0 Å². The van der Waals surface area contributed by atoms with Crippen LogP contribution in [0.2, 0.25) is 0 Å². The van der Waals surface area contributed by atoms with Gasteiger partial charge in [-0.05, 0) is 66.9 Å². The van der Waals surface area contributed by atoms with Crippen molar-refractivity contribution < 1.29 is 14.7 Å². The quantitative estimate of drug-likeness (QED) is 0.481. The van der Waals surface area contributed by atoms with Crippen LogP contribution in [0, 0.1) is 6.92 Å². The molecule has 2 heterocycles. The number of carbonyl (C=O) groups excluding carboxylic acids is 1. The topological polar surface area (TPSA) is 103 Å². The van der Waals surface area contributed by atoms with Gasteiger partial charge in [0.1, 0.15) is 0 Å². The molecule has 0 fully saturated rings. The van der Waals surface area contributed by atoms with Gasteiger partial charge < -0.3 is 20.0 Å². The second-order valence-corrected chi connectivity index (χ2v) is 7.32. The monoisotopic (exact) mass is 414 g/mol. The average Bonchev–Trinajstić information content (AvgIpc) is 3.42. The number of primary amides is 1. The number of aryl methyl sites for hydroxylation is 2. The molecule has 0 unspecified atom stereocenters. The van der Waals surface area contributed by atoms with Gasteiger partial charge in [-0.1, -0.05) is 12.1 Å². The van der Waals surface area contributed by atoms with Gasteiger partial charge in [0.2, 0.25) is 5.91 Å². The molecule has 0 spiro atoms. The number of aromatic nitrogens is 3. The number of hydrogen-bond acceptors (Lipinski definition) is 3. The van der Waals surface area contributed by atoms with E-state index in [-0.39, 0.29) is 6.42 Å². The largest absolute Gasteiger partial charge is 0.481 e. The Morgan fingerprint density at radius 3 is 2.45 bits per heavy atom. The van der Waals surface area contributed by atoms with Gasteiger partial charge in [0.15, 0.2) is 0 Å². The molecule has 7 nitrogen and oxygen atoms in total. The molecule has 0 radical (unpaired) electrons. The number of rotatable bonds is 7. The fraction of sp³-hybridized carbons (Fsp3) is 0.125. The fourth-order valence-electron chi connectivity index (χ4n) is 3.69. The molecule has 0 saturated heterocycles. The maximum atomic E-state index is 11.6. The van der Waals surface area contributed by atoms with Crippen LogP contribution in [0.3, 0.4) is 0 Å². The van der Waals surface area contributed by atoms with Crippen molar-refractivity contribution in [2.75, 3.05) is 0 Å². The minimum Gasteiger partial charge on any atom is -0.481 e. The molecule has 0 aliphatic rings. The molecule has 4 rings (SSSR count). The molecule has 7 heteroatoms. The van der Waals surface area contributed by atoms with Gasteiger partial charge in [-0.3, -0.25) is 9.59 Å². The van der Waals surface area contributed by atoms with E-state index in [0.717, 1.165) is 33.9 Å². The van der Waals surface area contributed by atoms with Gasteiger partial charge in [0.25, 0.3) is 0 Å². The molecule has 2 aromatic carbocycles. The Bertz CT molecular complexity index is 1240. The fourth-order valence-corrected chi connectivity index (χ4v) is 3.69. The highest BCUT2D eigenvalue weighted by molar-refractivity contribution is 5.93. The lowest BCUT2D eigenvalue weighted by atomic mass is 10.1. The Morgan fingerprint density at radius 1 is 1.06 bits per heavy atom. The normalized spacial score (nSPS) is 10.9. The van der Waals surface area contributed by atoms with Crippen LogP contribution >= 0.6 is 0 Å². The van der Waals surface area contributed by atoms with Gasteiger partial charge in [-0.25, -0.2) is 4.98 Å². The Kier molecular flexibility index (Phi) is 5.41. The Hall–Kier alpha value is -4.13. The third-order valence-electron chi connectivity index (χ3n) is 5.24. The average molecular weight is 414 g/mol. The van der Waals surface area contributed by atoms with Crippen molar-refractivity contribution in [1.29, 1.82) is 0 Å². The summed E-state index contributed by atoms with van der Waals surface area (Å²) in [5.41, 5.74) is 11.4. The summed E-state index contributed by atoms with van der Waals surface area (Å²) in [6, 6.07) is 17.3. The highest BCUT2D eigenvalue weighted by atomic mass is 16.4. The summed E-state index contributed by atoms with van der Waals surface area (Å²) in [5.74, 6) is -1.33. The van der Waals surface area contributed by atoms with Crippen molar-refractivity contribution in [2.24, 2.45) is 5.73 Å². The molecule has 0 atom stereocenters. The summed E-state index contributed by atoms with van der Waals surface area (Å²) in [7, 11) is 0. The number of carbonyl (C=O) groups is 2. The standard InChI is InChI=1S/C24H22N4O3/c1-16-14-18(24(25)31)4-9-21(16)28-20(8-11-23(29)30)7-10-22(28)17-2-5-19(6-3-17)27-13-12-26-15-27/h2-7,9-10,12-15H,8,11H2,1H3,(H2,25,31)(H,29,30). The van der Waals surface area contributed by atoms with Crippen molar-refractivity contribution in [3.05, 3.63) is 90.1 Å². The van der Waals surface area contributed by atoms with Gasteiger partial charge in [0, 0.05) is 35.0 Å². The molecule has 0 aliphatic carbocycles. The van der Waals surface area contributed by atoms with Crippen molar-refractivity contribution in [1.82, 2.24) is 14.1 Å². The first-order chi connectivity index (χ1) is 14.9. The number of carboxylic acids is 1. The van der Waals surface area contributed by atoms with Crippen molar-refractivity contribution >= 4 is 11.9 Å². The number of nitrogens with zero attached hydrogens (tertiary/aromatic N) is 3. The van der Waals surface area contributed by atoms with Crippen LogP contribution in [0.25, 0.3) is 22.6 Å². The number of imidazole rings is 1. The molecule has 0 aliphatic heterocycles.